The van der Waals surface area contributed by atoms with Crippen LogP contribution in [0, 0.1) is 0 Å². The molecule has 0 aliphatic heterocycles. The van der Waals surface area contributed by atoms with Gasteiger partial charge in [-0.05, 0) is 11.6 Å². The van der Waals surface area contributed by atoms with E-state index in [1.165, 1.54) is 24.3 Å². The van der Waals surface area contributed by atoms with Crippen LogP contribution >= 0.6 is 11.6 Å². The largest absolute Gasteiger partial charge is 0.476 e. The summed E-state index contributed by atoms with van der Waals surface area (Å²) in [5.41, 5.74) is -0.0740. The van der Waals surface area contributed by atoms with Crippen LogP contribution in [0.1, 0.15) is 5.56 Å². The van der Waals surface area contributed by atoms with E-state index in [2.05, 4.69) is 0 Å². The van der Waals surface area contributed by atoms with Gasteiger partial charge in [0, 0.05) is 5.02 Å². The molecule has 0 aromatic heterocycles. The molecular weight excluding hydrogens is 278 g/mol. The van der Waals surface area contributed by atoms with Crippen LogP contribution in [0.5, 0.6) is 0 Å². The van der Waals surface area contributed by atoms with E-state index in [0.29, 0.717) is 0 Å². The molecule has 1 rings (SSSR count). The molecule has 0 fully saturated rings. The minimum atomic E-state index is -5.15. The molecule has 0 radical (unpaired) electrons. The Bertz CT molecular complexity index is 542. The Balaban J connectivity index is 3.12. The van der Waals surface area contributed by atoms with E-state index in [4.69, 9.17) is 16.7 Å². The lowest BCUT2D eigenvalue weighted by molar-refractivity contribution is -0.153. The van der Waals surface area contributed by atoms with Gasteiger partial charge in [0.25, 0.3) is 0 Å². The van der Waals surface area contributed by atoms with Crippen molar-refractivity contribution in [2.24, 2.45) is 0 Å². The van der Waals surface area contributed by atoms with Crippen LogP contribution in [0.15, 0.2) is 24.3 Å². The van der Waals surface area contributed by atoms with Gasteiger partial charge in [-0.25, -0.2) is 13.2 Å². The standard InChI is InChI=1S/C9H7ClF2O4S/c10-7-4-2-1-3-6(7)5-17(15,16)9(11,12)8(13)14/h1-4H,5H2,(H,13,14). The van der Waals surface area contributed by atoms with Gasteiger partial charge in [-0.2, -0.15) is 8.78 Å². The normalized spacial score (nSPS) is 12.4. The van der Waals surface area contributed by atoms with Crippen LogP contribution in [0.3, 0.4) is 0 Å². The first-order chi connectivity index (χ1) is 7.68. The Labute approximate surface area is 101 Å². The molecular formula is C9H7ClF2O4S. The maximum absolute atomic E-state index is 12.9. The second-order valence-electron chi connectivity index (χ2n) is 3.17. The summed E-state index contributed by atoms with van der Waals surface area (Å²) in [4.78, 5) is 10.2. The molecule has 0 saturated heterocycles. The monoisotopic (exact) mass is 284 g/mol. The number of carboxylic acid groups (broad SMARTS) is 1. The van der Waals surface area contributed by atoms with Gasteiger partial charge < -0.3 is 5.11 Å². The summed E-state index contributed by atoms with van der Waals surface area (Å²) in [7, 11) is -5.15. The fourth-order valence-electron chi connectivity index (χ4n) is 1.04. The molecule has 4 nitrogen and oxygen atoms in total. The second kappa shape index (κ2) is 4.58. The van der Waals surface area contributed by atoms with Gasteiger partial charge in [0.1, 0.15) is 0 Å². The van der Waals surface area contributed by atoms with Crippen molar-refractivity contribution in [1.82, 2.24) is 0 Å². The summed E-state index contributed by atoms with van der Waals surface area (Å²) in [5.74, 6) is -3.84. The number of hydrogen-bond donors (Lipinski definition) is 1. The van der Waals surface area contributed by atoms with E-state index >= 15 is 0 Å². The topological polar surface area (TPSA) is 71.4 Å². The molecule has 0 unspecified atom stereocenters. The summed E-state index contributed by atoms with van der Waals surface area (Å²) in [5, 5.41) is 3.32. The molecule has 1 aromatic carbocycles. The highest BCUT2D eigenvalue weighted by Gasteiger charge is 2.52. The SMILES string of the molecule is O=C(O)C(F)(F)S(=O)(=O)Cc1ccccc1Cl. The second-order valence-corrected chi connectivity index (χ2v) is 5.61. The van der Waals surface area contributed by atoms with Gasteiger partial charge in [0.05, 0.1) is 5.75 Å². The summed E-state index contributed by atoms with van der Waals surface area (Å²) < 4.78 is 48.3. The zero-order valence-corrected chi connectivity index (χ0v) is 9.80. The van der Waals surface area contributed by atoms with Crippen molar-refractivity contribution in [3.63, 3.8) is 0 Å². The molecule has 0 spiro atoms. The molecule has 0 bridgehead atoms. The van der Waals surface area contributed by atoms with E-state index in [1.54, 1.807) is 0 Å². The van der Waals surface area contributed by atoms with Crippen LogP contribution in [-0.2, 0) is 20.4 Å². The third kappa shape index (κ3) is 2.73. The van der Waals surface area contributed by atoms with Gasteiger partial charge >= 0.3 is 11.2 Å². The van der Waals surface area contributed by atoms with Crippen molar-refractivity contribution in [1.29, 1.82) is 0 Å². The molecule has 17 heavy (non-hydrogen) atoms. The van der Waals surface area contributed by atoms with Crippen molar-refractivity contribution in [3.8, 4) is 0 Å². The van der Waals surface area contributed by atoms with Crippen LogP contribution in [0.2, 0.25) is 5.02 Å². The van der Waals surface area contributed by atoms with Crippen molar-refractivity contribution >= 4 is 27.4 Å². The summed E-state index contributed by atoms with van der Waals surface area (Å²) in [6.45, 7) is 0. The van der Waals surface area contributed by atoms with E-state index in [1.807, 2.05) is 0 Å². The van der Waals surface area contributed by atoms with Crippen molar-refractivity contribution in [2.45, 2.75) is 11.0 Å². The molecule has 1 aromatic rings. The van der Waals surface area contributed by atoms with Gasteiger partial charge in [-0.3, -0.25) is 0 Å². The number of sulfone groups is 1. The van der Waals surface area contributed by atoms with Crippen LogP contribution in [-0.4, -0.2) is 24.7 Å². The molecule has 0 amide bonds. The fourth-order valence-corrected chi connectivity index (χ4v) is 2.43. The zero-order valence-electron chi connectivity index (χ0n) is 8.23. The Kier molecular flexibility index (Phi) is 3.73. The molecule has 0 heterocycles. The number of alkyl halides is 2. The highest BCUT2D eigenvalue weighted by Crippen LogP contribution is 2.28. The first-order valence-electron chi connectivity index (χ1n) is 4.25. The number of carbonyl (C=O) groups is 1. The maximum atomic E-state index is 12.9. The average molecular weight is 285 g/mol. The molecule has 0 aliphatic carbocycles. The van der Waals surface area contributed by atoms with Gasteiger partial charge in [-0.15, -0.1) is 0 Å². The first kappa shape index (κ1) is 13.9. The first-order valence-corrected chi connectivity index (χ1v) is 6.28. The summed E-state index contributed by atoms with van der Waals surface area (Å²) >= 11 is 5.60. The average Bonchev–Trinajstić information content (AvgIpc) is 2.20. The van der Waals surface area contributed by atoms with Crippen molar-refractivity contribution in [3.05, 3.63) is 34.9 Å². The third-order valence-corrected chi connectivity index (χ3v) is 3.96. The van der Waals surface area contributed by atoms with E-state index in [9.17, 15) is 22.0 Å². The maximum Gasteiger partial charge on any atom is 0.440 e. The number of benzene rings is 1. The number of aliphatic carboxylic acids is 1. The lowest BCUT2D eigenvalue weighted by Crippen LogP contribution is -2.38. The Morgan fingerprint density at radius 1 is 1.35 bits per heavy atom. The van der Waals surface area contributed by atoms with E-state index < -0.39 is 26.8 Å². The minimum absolute atomic E-state index is 0.0164. The number of hydrogen-bond acceptors (Lipinski definition) is 3. The Morgan fingerprint density at radius 3 is 2.35 bits per heavy atom. The minimum Gasteiger partial charge on any atom is -0.476 e. The molecule has 8 heteroatoms. The molecule has 1 N–H and O–H groups in total. The van der Waals surface area contributed by atoms with Crippen LogP contribution in [0.4, 0.5) is 8.78 Å². The molecule has 0 saturated carbocycles. The van der Waals surface area contributed by atoms with E-state index in [0.717, 1.165) is 0 Å². The van der Waals surface area contributed by atoms with Gasteiger partial charge in [0.15, 0.2) is 0 Å². The predicted octanol–water partition coefficient (Wildman–Crippen LogP) is 1.93. The van der Waals surface area contributed by atoms with Gasteiger partial charge in [0.2, 0.25) is 9.84 Å². The highest BCUT2D eigenvalue weighted by molar-refractivity contribution is 7.92. The van der Waals surface area contributed by atoms with Crippen LogP contribution < -0.4 is 0 Å². The Morgan fingerprint density at radius 2 is 1.88 bits per heavy atom. The quantitative estimate of drug-likeness (QED) is 0.917. The van der Waals surface area contributed by atoms with Crippen molar-refractivity contribution < 1.29 is 27.1 Å². The number of rotatable bonds is 4. The smallest absolute Gasteiger partial charge is 0.440 e. The van der Waals surface area contributed by atoms with Gasteiger partial charge in [-0.1, -0.05) is 29.8 Å². The Hall–Kier alpha value is -1.21. The summed E-state index contributed by atoms with van der Waals surface area (Å²) in [6.07, 6.45) is 0. The van der Waals surface area contributed by atoms with Crippen LogP contribution in [0.25, 0.3) is 0 Å². The molecule has 0 atom stereocenters. The molecule has 94 valence electrons. The zero-order chi connectivity index (χ0) is 13.3. The van der Waals surface area contributed by atoms with E-state index in [-0.39, 0.29) is 10.6 Å². The van der Waals surface area contributed by atoms with Crippen molar-refractivity contribution in [2.75, 3.05) is 0 Å². The lowest BCUT2D eigenvalue weighted by atomic mass is 10.2. The predicted molar refractivity (Wildman–Crippen MR) is 56.7 cm³/mol. The fraction of sp³-hybridized carbons (Fsp3) is 0.222. The molecule has 0 aliphatic rings. The summed E-state index contributed by atoms with van der Waals surface area (Å²) in [6, 6.07) is 5.46. The third-order valence-electron chi connectivity index (χ3n) is 1.94. The number of carboxylic acids is 1. The number of halogens is 3. The lowest BCUT2D eigenvalue weighted by Gasteiger charge is -2.12. The highest BCUT2D eigenvalue weighted by atomic mass is 35.5.